The first-order valence-corrected chi connectivity index (χ1v) is 9.64. The van der Waals surface area contributed by atoms with E-state index in [-0.39, 0.29) is 0 Å². The van der Waals surface area contributed by atoms with Crippen molar-refractivity contribution >= 4 is 28.3 Å². The third-order valence-electron chi connectivity index (χ3n) is 5.19. The topological polar surface area (TPSA) is 48.0 Å². The number of fused-ring (bicyclic) bond motifs is 1. The number of nitrogens with zero attached hydrogens (tertiary/aromatic N) is 1. The van der Waals surface area contributed by atoms with E-state index in [4.69, 9.17) is 17.3 Å². The van der Waals surface area contributed by atoms with Crippen molar-refractivity contribution in [3.8, 4) is 11.3 Å². The predicted octanol–water partition coefficient (Wildman–Crippen LogP) is 5.61. The largest absolute Gasteiger partial charge is 0.366 e. The van der Waals surface area contributed by atoms with Gasteiger partial charge in [-0.15, -0.1) is 0 Å². The lowest BCUT2D eigenvalue weighted by molar-refractivity contribution is 0.0999. The fraction of sp³-hybridized carbons (Fsp3) is 0.125. The van der Waals surface area contributed by atoms with E-state index in [0.29, 0.717) is 5.56 Å². The number of benzene rings is 3. The van der Waals surface area contributed by atoms with Gasteiger partial charge in [0.1, 0.15) is 0 Å². The Bertz CT molecular complexity index is 1180. The highest BCUT2D eigenvalue weighted by Crippen LogP contribution is 2.29. The summed E-state index contributed by atoms with van der Waals surface area (Å²) in [5.74, 6) is -0.402. The number of rotatable bonds is 5. The van der Waals surface area contributed by atoms with Gasteiger partial charge in [0, 0.05) is 23.0 Å². The van der Waals surface area contributed by atoms with E-state index in [9.17, 15) is 4.79 Å². The maximum atomic E-state index is 11.9. The molecule has 4 aromatic rings. The minimum Gasteiger partial charge on any atom is -0.366 e. The zero-order valence-electron chi connectivity index (χ0n) is 15.7. The van der Waals surface area contributed by atoms with E-state index >= 15 is 0 Å². The lowest BCUT2D eigenvalue weighted by Crippen LogP contribution is -2.13. The molecule has 28 heavy (non-hydrogen) atoms. The Morgan fingerprint density at radius 2 is 1.75 bits per heavy atom. The van der Waals surface area contributed by atoms with Gasteiger partial charge >= 0.3 is 0 Å². The molecule has 1 aromatic heterocycles. The lowest BCUT2D eigenvalue weighted by Gasteiger charge is -2.13. The lowest BCUT2D eigenvalue weighted by atomic mass is 10.0. The second kappa shape index (κ2) is 7.53. The molecule has 0 bridgehead atoms. The summed E-state index contributed by atoms with van der Waals surface area (Å²) in [6, 6.07) is 24.4. The van der Waals surface area contributed by atoms with Crippen LogP contribution in [0.4, 0.5) is 0 Å². The molecule has 0 atom stereocenters. The molecule has 2 N–H and O–H groups in total. The van der Waals surface area contributed by atoms with Crippen molar-refractivity contribution in [2.75, 3.05) is 0 Å². The van der Waals surface area contributed by atoms with Gasteiger partial charge in [0.2, 0.25) is 0 Å². The van der Waals surface area contributed by atoms with Gasteiger partial charge in [0.15, 0.2) is 0 Å². The van der Waals surface area contributed by atoms with Crippen LogP contribution in [0.1, 0.15) is 21.6 Å². The molecule has 0 aliphatic rings. The van der Waals surface area contributed by atoms with Crippen molar-refractivity contribution in [1.29, 1.82) is 0 Å². The number of primary amides is 1. The van der Waals surface area contributed by atoms with Gasteiger partial charge in [0.25, 0.3) is 5.91 Å². The molecule has 0 spiro atoms. The van der Waals surface area contributed by atoms with E-state index in [1.807, 2.05) is 43.3 Å². The van der Waals surface area contributed by atoms with Crippen LogP contribution >= 0.6 is 11.6 Å². The molecule has 4 heteroatoms. The number of amides is 1. The molecular weight excluding hydrogens is 368 g/mol. The average molecular weight is 389 g/mol. The molecule has 3 nitrogen and oxygen atoms in total. The number of carbonyl (C=O) groups excluding carboxylic acids is 1. The third-order valence-corrected chi connectivity index (χ3v) is 5.43. The summed E-state index contributed by atoms with van der Waals surface area (Å²) >= 11 is 6.12. The van der Waals surface area contributed by atoms with Crippen molar-refractivity contribution in [3.05, 3.63) is 94.6 Å². The van der Waals surface area contributed by atoms with Crippen LogP contribution in [0.3, 0.4) is 0 Å². The van der Waals surface area contributed by atoms with Crippen LogP contribution in [-0.2, 0) is 13.0 Å². The highest BCUT2D eigenvalue weighted by atomic mass is 35.5. The summed E-state index contributed by atoms with van der Waals surface area (Å²) in [6.07, 6.45) is 0.814. The number of aryl methyl sites for hydroxylation is 1. The molecule has 0 saturated carbocycles. The maximum Gasteiger partial charge on any atom is 0.250 e. The number of aromatic nitrogens is 1. The number of hydrogen-bond acceptors (Lipinski definition) is 1. The maximum absolute atomic E-state index is 11.9. The molecule has 1 heterocycles. The Morgan fingerprint density at radius 3 is 2.50 bits per heavy atom. The molecule has 140 valence electrons. The summed E-state index contributed by atoms with van der Waals surface area (Å²) in [5.41, 5.74) is 10.3. The Morgan fingerprint density at radius 1 is 0.964 bits per heavy atom. The summed E-state index contributed by atoms with van der Waals surface area (Å²) in [6.45, 7) is 2.68. The van der Waals surface area contributed by atoms with Gasteiger partial charge in [-0.2, -0.15) is 0 Å². The first-order chi connectivity index (χ1) is 13.5. The van der Waals surface area contributed by atoms with Crippen LogP contribution in [0.25, 0.3) is 22.0 Å². The fourth-order valence-corrected chi connectivity index (χ4v) is 3.92. The van der Waals surface area contributed by atoms with Crippen LogP contribution in [0.15, 0.2) is 72.8 Å². The second-order valence-electron chi connectivity index (χ2n) is 6.99. The number of hydrogen-bond donors (Lipinski definition) is 1. The van der Waals surface area contributed by atoms with Crippen LogP contribution in [0.5, 0.6) is 0 Å². The van der Waals surface area contributed by atoms with Crippen molar-refractivity contribution in [2.24, 2.45) is 5.73 Å². The number of halogens is 1. The third kappa shape index (κ3) is 3.54. The van der Waals surface area contributed by atoms with Gasteiger partial charge in [-0.05, 0) is 59.5 Å². The summed E-state index contributed by atoms with van der Waals surface area (Å²) in [7, 11) is 0. The highest BCUT2D eigenvalue weighted by Gasteiger charge is 2.17. The van der Waals surface area contributed by atoms with Gasteiger partial charge < -0.3 is 10.3 Å². The first-order valence-electron chi connectivity index (χ1n) is 9.26. The van der Waals surface area contributed by atoms with Gasteiger partial charge in [-0.25, -0.2) is 0 Å². The minimum atomic E-state index is -0.402. The van der Waals surface area contributed by atoms with E-state index in [1.54, 1.807) is 0 Å². The molecule has 0 fully saturated rings. The van der Waals surface area contributed by atoms with Crippen LogP contribution in [0, 0.1) is 6.92 Å². The van der Waals surface area contributed by atoms with E-state index in [1.165, 1.54) is 10.8 Å². The predicted molar refractivity (Wildman–Crippen MR) is 116 cm³/mol. The van der Waals surface area contributed by atoms with Gasteiger partial charge in [0.05, 0.1) is 5.56 Å². The van der Waals surface area contributed by atoms with Crippen molar-refractivity contribution in [1.82, 2.24) is 4.57 Å². The zero-order valence-corrected chi connectivity index (χ0v) is 16.4. The van der Waals surface area contributed by atoms with E-state index < -0.39 is 5.91 Å². The van der Waals surface area contributed by atoms with E-state index in [2.05, 4.69) is 41.0 Å². The Kier molecular flexibility index (Phi) is 4.93. The Labute approximate surface area is 169 Å². The van der Waals surface area contributed by atoms with Crippen molar-refractivity contribution < 1.29 is 4.79 Å². The number of nitrogens with two attached hydrogens (primary N) is 1. The Balaban J connectivity index is 1.76. The molecular formula is C24H21ClN2O. The Hall–Kier alpha value is -3.04. The van der Waals surface area contributed by atoms with E-state index in [0.717, 1.165) is 40.5 Å². The summed E-state index contributed by atoms with van der Waals surface area (Å²) < 4.78 is 2.17. The minimum absolute atomic E-state index is 0.402. The van der Waals surface area contributed by atoms with Gasteiger partial charge in [-0.1, -0.05) is 60.1 Å². The van der Waals surface area contributed by atoms with Crippen LogP contribution in [0.2, 0.25) is 5.02 Å². The standard InChI is InChI=1S/C24H21ClN2O/c1-16-22(24(26)28)15-23(20-10-9-18-6-2-3-7-19(18)14-20)27(16)12-11-17-5-4-8-21(25)13-17/h2-10,13-15H,11-12H2,1H3,(H2,26,28). The average Bonchev–Trinajstić information content (AvgIpc) is 3.02. The quantitative estimate of drug-likeness (QED) is 0.474. The van der Waals surface area contributed by atoms with Crippen LogP contribution in [-0.4, -0.2) is 10.5 Å². The molecule has 0 aliphatic heterocycles. The second-order valence-corrected chi connectivity index (χ2v) is 7.42. The fourth-order valence-electron chi connectivity index (χ4n) is 3.70. The summed E-state index contributed by atoms with van der Waals surface area (Å²) in [4.78, 5) is 11.9. The molecule has 0 unspecified atom stereocenters. The summed E-state index contributed by atoms with van der Waals surface area (Å²) in [5, 5.41) is 3.09. The smallest absolute Gasteiger partial charge is 0.250 e. The number of carbonyl (C=O) groups is 1. The molecule has 4 rings (SSSR count). The normalized spacial score (nSPS) is 11.1. The SMILES string of the molecule is Cc1c(C(N)=O)cc(-c2ccc3ccccc3c2)n1CCc1cccc(Cl)c1. The van der Waals surface area contributed by atoms with Crippen molar-refractivity contribution in [3.63, 3.8) is 0 Å². The monoisotopic (exact) mass is 388 g/mol. The molecule has 0 saturated heterocycles. The molecule has 1 amide bonds. The van der Waals surface area contributed by atoms with Crippen LogP contribution < -0.4 is 5.73 Å². The molecule has 0 radical (unpaired) electrons. The van der Waals surface area contributed by atoms with Crippen molar-refractivity contribution in [2.45, 2.75) is 19.9 Å². The molecule has 0 aliphatic carbocycles. The highest BCUT2D eigenvalue weighted by molar-refractivity contribution is 6.30. The molecule has 3 aromatic carbocycles. The zero-order chi connectivity index (χ0) is 19.7. The van der Waals surface area contributed by atoms with Gasteiger partial charge in [-0.3, -0.25) is 4.79 Å². The first kappa shape index (κ1) is 18.3.